The van der Waals surface area contributed by atoms with Gasteiger partial charge in [0.25, 0.3) is 5.91 Å². The van der Waals surface area contributed by atoms with E-state index in [4.69, 9.17) is 0 Å². The largest absolute Gasteiger partial charge is 0.377 e. The van der Waals surface area contributed by atoms with Gasteiger partial charge in [-0.15, -0.1) is 0 Å². The summed E-state index contributed by atoms with van der Waals surface area (Å²) in [4.78, 5) is 14.0. The van der Waals surface area contributed by atoms with Gasteiger partial charge in [0.1, 0.15) is 0 Å². The second-order valence-corrected chi connectivity index (χ2v) is 5.22. The molecule has 1 amide bonds. The van der Waals surface area contributed by atoms with Gasteiger partial charge in [-0.1, -0.05) is 19.1 Å². The summed E-state index contributed by atoms with van der Waals surface area (Å²) in [5.41, 5.74) is 3.21. The maximum absolute atomic E-state index is 12.0. The molecular weight excluding hydrogens is 262 g/mol. The van der Waals surface area contributed by atoms with Gasteiger partial charge in [0, 0.05) is 37.6 Å². The quantitative estimate of drug-likeness (QED) is 0.855. The van der Waals surface area contributed by atoms with Crippen molar-refractivity contribution in [3.8, 4) is 0 Å². The Morgan fingerprint density at radius 3 is 2.24 bits per heavy atom. The molecule has 0 aliphatic rings. The number of hydrogen-bond donors (Lipinski definition) is 1. The zero-order valence-electron chi connectivity index (χ0n) is 12.8. The van der Waals surface area contributed by atoms with E-state index in [1.807, 2.05) is 72.4 Å². The van der Waals surface area contributed by atoms with E-state index in [-0.39, 0.29) is 5.91 Å². The number of nitrogens with zero attached hydrogens (tertiary/aromatic N) is 2. The lowest BCUT2D eigenvalue weighted by Gasteiger charge is -2.10. The number of carbonyl (C=O) groups excluding carboxylic acids is 1. The summed E-state index contributed by atoms with van der Waals surface area (Å²) in [6, 6.07) is 11.9. The van der Waals surface area contributed by atoms with Gasteiger partial charge < -0.3 is 10.2 Å². The average molecular weight is 284 g/mol. The molecule has 4 heteroatoms. The maximum Gasteiger partial charge on any atom is 0.290 e. The molecule has 1 heterocycles. The van der Waals surface area contributed by atoms with Crippen molar-refractivity contribution < 1.29 is 9.36 Å². The van der Waals surface area contributed by atoms with Crippen molar-refractivity contribution in [1.82, 2.24) is 0 Å². The first-order chi connectivity index (χ1) is 10.1. The first-order valence-corrected chi connectivity index (χ1v) is 7.13. The number of rotatable bonds is 5. The highest BCUT2D eigenvalue weighted by Crippen LogP contribution is 2.10. The molecule has 110 valence electrons. The van der Waals surface area contributed by atoms with Crippen LogP contribution in [-0.4, -0.2) is 20.0 Å². The van der Waals surface area contributed by atoms with E-state index in [2.05, 4.69) is 12.2 Å². The van der Waals surface area contributed by atoms with Crippen LogP contribution < -0.4 is 14.8 Å². The topological polar surface area (TPSA) is 36.2 Å². The molecule has 0 atom stereocenters. The summed E-state index contributed by atoms with van der Waals surface area (Å²) in [5, 5.41) is 2.91. The Kier molecular flexibility index (Phi) is 4.93. The lowest BCUT2D eigenvalue weighted by atomic mass is 10.1. The third-order valence-electron chi connectivity index (χ3n) is 3.36. The number of hydrogen-bond acceptors (Lipinski definition) is 2. The number of aryl methyl sites for hydroxylation is 1. The molecule has 0 fully saturated rings. The Bertz CT molecular complexity index is 588. The second kappa shape index (κ2) is 6.88. The van der Waals surface area contributed by atoms with Crippen molar-refractivity contribution in [2.45, 2.75) is 19.9 Å². The van der Waals surface area contributed by atoms with Crippen molar-refractivity contribution in [1.29, 1.82) is 0 Å². The summed E-state index contributed by atoms with van der Waals surface area (Å²) >= 11 is 0. The van der Waals surface area contributed by atoms with Crippen LogP contribution in [0.3, 0.4) is 0 Å². The summed E-state index contributed by atoms with van der Waals surface area (Å²) in [5.74, 6) is -0.0261. The molecule has 0 unspecified atom stereocenters. The fourth-order valence-corrected chi connectivity index (χ4v) is 2.04. The van der Waals surface area contributed by atoms with Gasteiger partial charge in [-0.25, -0.2) is 0 Å². The van der Waals surface area contributed by atoms with Crippen molar-refractivity contribution in [3.63, 3.8) is 0 Å². The minimum atomic E-state index is -0.0261. The van der Waals surface area contributed by atoms with E-state index in [9.17, 15) is 4.79 Å². The van der Waals surface area contributed by atoms with Crippen LogP contribution in [0.4, 0.5) is 11.4 Å². The third kappa shape index (κ3) is 4.31. The van der Waals surface area contributed by atoms with Crippen molar-refractivity contribution >= 4 is 17.3 Å². The molecule has 0 aliphatic heterocycles. The average Bonchev–Trinajstić information content (AvgIpc) is 2.48. The molecule has 0 aliphatic carbocycles. The highest BCUT2D eigenvalue weighted by atomic mass is 16.1. The fourth-order valence-electron chi connectivity index (χ4n) is 2.04. The summed E-state index contributed by atoms with van der Waals surface area (Å²) in [6.45, 7) is 2.42. The molecule has 0 radical (unpaired) electrons. The van der Waals surface area contributed by atoms with Crippen LogP contribution in [0.2, 0.25) is 0 Å². The highest BCUT2D eigenvalue weighted by molar-refractivity contribution is 5.89. The van der Waals surface area contributed by atoms with Gasteiger partial charge in [0.15, 0.2) is 12.4 Å². The number of carbonyl (C=O) groups is 1. The predicted molar refractivity (Wildman–Crippen MR) is 85.4 cm³/mol. The van der Waals surface area contributed by atoms with E-state index >= 15 is 0 Å². The molecule has 2 aromatic rings. The summed E-state index contributed by atoms with van der Waals surface area (Å²) in [6.07, 6.45) is 4.83. The van der Waals surface area contributed by atoms with E-state index in [1.165, 1.54) is 5.56 Å². The maximum atomic E-state index is 12.0. The van der Waals surface area contributed by atoms with Crippen LogP contribution in [0.15, 0.2) is 48.8 Å². The van der Waals surface area contributed by atoms with Gasteiger partial charge in [-0.2, -0.15) is 4.57 Å². The summed E-state index contributed by atoms with van der Waals surface area (Å²) in [7, 11) is 3.98. The Morgan fingerprint density at radius 2 is 1.71 bits per heavy atom. The van der Waals surface area contributed by atoms with Gasteiger partial charge in [-0.05, 0) is 24.1 Å². The molecule has 1 N–H and O–H groups in total. The molecule has 1 aromatic carbocycles. The number of benzene rings is 1. The normalized spacial score (nSPS) is 10.2. The predicted octanol–water partition coefficient (Wildman–Crippen LogP) is 2.24. The van der Waals surface area contributed by atoms with Gasteiger partial charge >= 0.3 is 0 Å². The van der Waals surface area contributed by atoms with E-state index < -0.39 is 0 Å². The summed E-state index contributed by atoms with van der Waals surface area (Å²) < 4.78 is 1.86. The van der Waals surface area contributed by atoms with Crippen molar-refractivity contribution in [2.75, 3.05) is 24.3 Å². The molecule has 0 spiro atoms. The van der Waals surface area contributed by atoms with E-state index in [0.717, 1.165) is 17.8 Å². The Morgan fingerprint density at radius 1 is 1.10 bits per heavy atom. The monoisotopic (exact) mass is 284 g/mol. The Labute approximate surface area is 126 Å². The standard InChI is InChI=1S/C17H21N3O/c1-4-14-5-7-15(8-6-14)18-17(21)13-20-11-9-16(10-12-20)19(2)3/h5-12H,4,13H2,1-3H3/p+1. The van der Waals surface area contributed by atoms with Gasteiger partial charge in [0.2, 0.25) is 6.54 Å². The molecule has 2 rings (SSSR count). The molecule has 0 saturated carbocycles. The Balaban J connectivity index is 1.94. The SMILES string of the molecule is CCc1ccc(NC(=O)C[n+]2ccc(N(C)C)cc2)cc1. The highest BCUT2D eigenvalue weighted by Gasteiger charge is 2.09. The van der Waals surface area contributed by atoms with Crippen LogP contribution in [0.1, 0.15) is 12.5 Å². The molecule has 0 saturated heterocycles. The molecular formula is C17H22N3O+. The van der Waals surface area contributed by atoms with Gasteiger partial charge in [-0.3, -0.25) is 4.79 Å². The molecule has 4 nitrogen and oxygen atoms in total. The van der Waals surface area contributed by atoms with Crippen LogP contribution >= 0.6 is 0 Å². The zero-order chi connectivity index (χ0) is 15.2. The smallest absolute Gasteiger partial charge is 0.290 e. The lowest BCUT2D eigenvalue weighted by Crippen LogP contribution is -2.39. The van der Waals surface area contributed by atoms with E-state index in [1.54, 1.807) is 0 Å². The molecule has 0 bridgehead atoms. The van der Waals surface area contributed by atoms with Crippen LogP contribution in [0, 0.1) is 0 Å². The lowest BCUT2D eigenvalue weighted by molar-refractivity contribution is -0.684. The number of aromatic nitrogens is 1. The minimum Gasteiger partial charge on any atom is -0.377 e. The van der Waals surface area contributed by atoms with E-state index in [0.29, 0.717) is 6.54 Å². The van der Waals surface area contributed by atoms with Crippen LogP contribution in [0.5, 0.6) is 0 Å². The van der Waals surface area contributed by atoms with Crippen molar-refractivity contribution in [2.24, 2.45) is 0 Å². The second-order valence-electron chi connectivity index (χ2n) is 5.22. The first-order valence-electron chi connectivity index (χ1n) is 7.13. The first kappa shape index (κ1) is 15.0. The van der Waals surface area contributed by atoms with Crippen molar-refractivity contribution in [3.05, 3.63) is 54.4 Å². The fraction of sp³-hybridized carbons (Fsp3) is 0.294. The number of nitrogens with one attached hydrogen (secondary N) is 1. The third-order valence-corrected chi connectivity index (χ3v) is 3.36. The minimum absolute atomic E-state index is 0.0261. The molecule has 1 aromatic heterocycles. The number of anilines is 2. The zero-order valence-corrected chi connectivity index (χ0v) is 12.8. The van der Waals surface area contributed by atoms with Crippen LogP contribution in [-0.2, 0) is 17.8 Å². The van der Waals surface area contributed by atoms with Crippen LogP contribution in [0.25, 0.3) is 0 Å². The molecule has 21 heavy (non-hydrogen) atoms. The number of pyridine rings is 1. The Hall–Kier alpha value is -2.36. The number of amides is 1. The van der Waals surface area contributed by atoms with Gasteiger partial charge in [0.05, 0.1) is 0 Å².